The number of nitrogens with zero attached hydrogens (tertiary/aromatic N) is 4. The average molecular weight is 1610 g/mol. The van der Waals surface area contributed by atoms with Crippen molar-refractivity contribution in [1.29, 1.82) is 0 Å². The average Bonchev–Trinajstić information content (AvgIpc) is 1.58. The smallest absolute Gasteiger partial charge is 0.0460 e. The highest BCUT2D eigenvalue weighted by atomic mass is 15.2. The van der Waals surface area contributed by atoms with Crippen molar-refractivity contribution in [3.63, 3.8) is 0 Å². The summed E-state index contributed by atoms with van der Waals surface area (Å²) < 4.78 is 0. The Bertz CT molecular complexity index is 5780. The third kappa shape index (κ3) is 15.9. The van der Waals surface area contributed by atoms with E-state index in [1.165, 1.54) is 216 Å². The molecule has 0 saturated heterocycles. The molecule has 3 saturated carbocycles. The molecule has 0 aliphatic heterocycles. The molecule has 0 aromatic heterocycles. The van der Waals surface area contributed by atoms with E-state index in [-0.39, 0.29) is 49.2 Å². The van der Waals surface area contributed by atoms with Gasteiger partial charge in [0.15, 0.2) is 0 Å². The van der Waals surface area contributed by atoms with Gasteiger partial charge in [-0.25, -0.2) is 0 Å². The Kier molecular flexibility index (Phi) is 22.5. The first-order valence-electron chi connectivity index (χ1n) is 46.3. The second-order valence-corrected chi connectivity index (χ2v) is 43.7. The van der Waals surface area contributed by atoms with Crippen molar-refractivity contribution in [2.75, 3.05) is 19.6 Å². The summed E-state index contributed by atoms with van der Waals surface area (Å²) in [6.45, 7) is 54.0. The number of hydrogen-bond acceptors (Lipinski definition) is 4. The molecule has 0 bridgehead atoms. The van der Waals surface area contributed by atoms with Crippen molar-refractivity contribution in [3.05, 3.63) is 334 Å². The van der Waals surface area contributed by atoms with Crippen LogP contribution in [0.3, 0.4) is 0 Å². The van der Waals surface area contributed by atoms with Crippen molar-refractivity contribution in [2.24, 2.45) is 0 Å². The summed E-state index contributed by atoms with van der Waals surface area (Å²) in [7, 11) is 0. The van der Waals surface area contributed by atoms with E-state index < -0.39 is 0 Å². The van der Waals surface area contributed by atoms with Gasteiger partial charge in [-0.1, -0.05) is 302 Å². The summed E-state index contributed by atoms with van der Waals surface area (Å²) >= 11 is 0. The first-order valence-corrected chi connectivity index (χ1v) is 46.3. The van der Waals surface area contributed by atoms with Crippen LogP contribution >= 0.6 is 0 Å². The summed E-state index contributed by atoms with van der Waals surface area (Å²) in [6, 6.07) is 99.8. The molecule has 630 valence electrons. The molecule has 122 heavy (non-hydrogen) atoms. The number of para-hydroxylation sites is 4. The zero-order chi connectivity index (χ0) is 86.6. The molecule has 0 atom stereocenters. The SMILES string of the molecule is CC(C)(C)c1cc2c(cc1N(c1ccccc1)C(C)(C)C)-c1ccccc1C2(C)C.CC1(C)c2ccccc2-c2cc(N(c3ccccc3)C(C)(C)C)c(C3CC3)cc21.CC1(C)c2ccccc2-c2cc(N(c3ccccc3)C(C)(C)C)c(C3CCCC3)cc21.CC1(C)c2ccccc2-c2cc(N(c3ccccc3)C(C)(C)C)c(C3CCCCC3)cc21. The molecule has 0 spiro atoms. The summed E-state index contributed by atoms with van der Waals surface area (Å²) in [5.41, 5.74) is 39.7. The van der Waals surface area contributed by atoms with E-state index in [1.807, 2.05) is 0 Å². The second kappa shape index (κ2) is 32.2. The molecule has 12 aromatic carbocycles. The number of fused-ring (bicyclic) bond motifs is 12. The fraction of sp³-hybridized carbons (Fsp3) is 0.390. The van der Waals surface area contributed by atoms with Crippen LogP contribution in [0.25, 0.3) is 44.5 Å². The summed E-state index contributed by atoms with van der Waals surface area (Å²) in [5, 5.41) is 0. The van der Waals surface area contributed by atoms with Gasteiger partial charge in [0.05, 0.1) is 0 Å². The van der Waals surface area contributed by atoms with E-state index in [0.717, 1.165) is 0 Å². The predicted molar refractivity (Wildman–Crippen MR) is 527 cm³/mol. The molecule has 0 N–H and O–H groups in total. The van der Waals surface area contributed by atoms with Crippen LogP contribution in [0.5, 0.6) is 0 Å². The van der Waals surface area contributed by atoms with Gasteiger partial charge in [-0.2, -0.15) is 0 Å². The lowest BCUT2D eigenvalue weighted by molar-refractivity contribution is 0.441. The van der Waals surface area contributed by atoms with Crippen LogP contribution in [-0.4, -0.2) is 22.2 Å². The first-order chi connectivity index (χ1) is 57.8. The standard InChI is InChI=1S/C31H37N.C30H35N.C29H35N.C28H31N/c1-30(2,3)32(23-16-10-7-11-17-23)29-21-26-24-18-12-13-19-27(24)31(4,5)28(26)20-25(29)22-14-8-6-9-15-22;1-29(2,3)31(22-15-7-6-8-16-22)28-20-25-23-17-11-12-18-26(23)30(4,5)27(25)19-24(28)21-13-9-10-14-21;1-27(2,3)25-19-24-22(21-16-12-13-17-23(21)29(24,7)8)18-26(25)30(28(4,5)6)20-14-10-9-11-15-20;1-27(2,3)29(20-11-7-6-8-12-20)26-18-23-21-13-9-10-14-24(21)28(4,5)25(23)17-22(26)19-15-16-19/h7,10-13,16-22H,6,8-9,14-15H2,1-5H3;6-8,11-12,15-21H,9-10,13-14H2,1-5H3;9-19H,1-8H3;6-14,17-19H,15-16H2,1-5H3. The highest BCUT2D eigenvalue weighted by Crippen LogP contribution is 2.60. The third-order valence-electron chi connectivity index (χ3n) is 28.3. The van der Waals surface area contributed by atoms with Gasteiger partial charge in [0.25, 0.3) is 0 Å². The Morgan fingerprint density at radius 1 is 0.213 bits per heavy atom. The van der Waals surface area contributed by atoms with Crippen LogP contribution in [0.1, 0.15) is 314 Å². The van der Waals surface area contributed by atoms with Crippen LogP contribution in [0.2, 0.25) is 0 Å². The van der Waals surface area contributed by atoms with E-state index in [2.05, 4.69) is 446 Å². The van der Waals surface area contributed by atoms with Crippen molar-refractivity contribution in [2.45, 2.75) is 297 Å². The van der Waals surface area contributed by atoms with Crippen LogP contribution < -0.4 is 19.6 Å². The maximum absolute atomic E-state index is 2.60. The molecule has 19 rings (SSSR count). The van der Waals surface area contributed by atoms with Gasteiger partial charge >= 0.3 is 0 Å². The second-order valence-electron chi connectivity index (χ2n) is 43.7. The van der Waals surface area contributed by atoms with Gasteiger partial charge in [-0.05, 0) is 329 Å². The lowest BCUT2D eigenvalue weighted by atomic mass is 9.77. The highest BCUT2D eigenvalue weighted by Gasteiger charge is 2.45. The van der Waals surface area contributed by atoms with Crippen molar-refractivity contribution in [1.82, 2.24) is 0 Å². The molecule has 0 radical (unpaired) electrons. The first kappa shape index (κ1) is 85.4. The van der Waals surface area contributed by atoms with Crippen LogP contribution in [0.4, 0.5) is 45.5 Å². The third-order valence-corrected chi connectivity index (χ3v) is 28.3. The minimum absolute atomic E-state index is 0.00707. The normalized spacial score (nSPS) is 16.8. The van der Waals surface area contributed by atoms with Gasteiger partial charge in [-0.3, -0.25) is 0 Å². The van der Waals surface area contributed by atoms with E-state index in [9.17, 15) is 0 Å². The summed E-state index contributed by atoms with van der Waals surface area (Å²) in [4.78, 5) is 10.2. The summed E-state index contributed by atoms with van der Waals surface area (Å²) in [5.74, 6) is 2.01. The highest BCUT2D eigenvalue weighted by molar-refractivity contribution is 5.91. The van der Waals surface area contributed by atoms with Crippen LogP contribution in [0.15, 0.2) is 267 Å². The number of anilines is 8. The quantitative estimate of drug-likeness (QED) is 0.128. The summed E-state index contributed by atoms with van der Waals surface area (Å²) in [6.07, 6.45) is 14.7. The molecule has 7 aliphatic carbocycles. The van der Waals surface area contributed by atoms with Crippen molar-refractivity contribution >= 4 is 45.5 Å². The monoisotopic (exact) mass is 1610 g/mol. The van der Waals surface area contributed by atoms with Gasteiger partial charge in [0.1, 0.15) is 0 Å². The van der Waals surface area contributed by atoms with E-state index in [4.69, 9.17) is 0 Å². The number of hydrogen-bond donors (Lipinski definition) is 0. The molecule has 4 heteroatoms. The molecule has 3 fully saturated rings. The van der Waals surface area contributed by atoms with Crippen molar-refractivity contribution < 1.29 is 0 Å². The number of rotatable bonds is 11. The Morgan fingerprint density at radius 3 is 0.672 bits per heavy atom. The lowest BCUT2D eigenvalue weighted by Gasteiger charge is -2.41. The van der Waals surface area contributed by atoms with Crippen LogP contribution in [0, 0.1) is 0 Å². The van der Waals surface area contributed by atoms with Crippen molar-refractivity contribution in [3.8, 4) is 44.5 Å². The fourth-order valence-corrected chi connectivity index (χ4v) is 22.2. The zero-order valence-corrected chi connectivity index (χ0v) is 78.2. The van der Waals surface area contributed by atoms with E-state index in [1.54, 1.807) is 11.1 Å². The molecular formula is C118H138N4. The topological polar surface area (TPSA) is 13.0 Å². The maximum Gasteiger partial charge on any atom is 0.0460 e. The molecule has 0 heterocycles. The van der Waals surface area contributed by atoms with E-state index >= 15 is 0 Å². The zero-order valence-electron chi connectivity index (χ0n) is 78.2. The predicted octanol–water partition coefficient (Wildman–Crippen LogP) is 33.6. The molecule has 0 unspecified atom stereocenters. The molecule has 4 nitrogen and oxygen atoms in total. The largest absolute Gasteiger partial charge is 0.336 e. The maximum atomic E-state index is 2.60. The Labute approximate surface area is 735 Å². The number of benzene rings is 12. The molecule has 0 amide bonds. The van der Waals surface area contributed by atoms with Gasteiger partial charge < -0.3 is 19.6 Å². The van der Waals surface area contributed by atoms with Gasteiger partial charge in [0.2, 0.25) is 0 Å². The Balaban J connectivity index is 0.000000121. The van der Waals surface area contributed by atoms with Gasteiger partial charge in [-0.15, -0.1) is 0 Å². The Morgan fingerprint density at radius 2 is 0.426 bits per heavy atom. The molecular weight excluding hydrogens is 1470 g/mol. The lowest BCUT2D eigenvalue weighted by Crippen LogP contribution is -2.39. The van der Waals surface area contributed by atoms with Crippen LogP contribution in [-0.2, 0) is 27.1 Å². The van der Waals surface area contributed by atoms with Gasteiger partial charge in [0, 0.05) is 89.3 Å². The minimum atomic E-state index is -0.0524. The molecule has 12 aromatic rings. The Hall–Kier alpha value is -10.2. The van der Waals surface area contributed by atoms with E-state index in [0.29, 0.717) is 17.8 Å². The fourth-order valence-electron chi connectivity index (χ4n) is 22.2. The minimum Gasteiger partial charge on any atom is -0.336 e. The molecule has 7 aliphatic rings.